The summed E-state index contributed by atoms with van der Waals surface area (Å²) in [5, 5.41) is 11.6. The number of carbonyl (C=O) groups is 2. The van der Waals surface area contributed by atoms with Crippen LogP contribution in [0.3, 0.4) is 0 Å². The second kappa shape index (κ2) is 5.75. The predicted octanol–water partition coefficient (Wildman–Crippen LogP) is 2.10. The van der Waals surface area contributed by atoms with Gasteiger partial charge in [-0.25, -0.2) is 0 Å². The molecule has 4 rings (SSSR count). The molecule has 2 saturated heterocycles. The normalized spacial score (nSPS) is 26.3. The van der Waals surface area contributed by atoms with E-state index in [0.29, 0.717) is 31.1 Å². The van der Waals surface area contributed by atoms with Gasteiger partial charge in [0.05, 0.1) is 17.7 Å². The van der Waals surface area contributed by atoms with Crippen LogP contribution in [-0.4, -0.2) is 52.8 Å². The summed E-state index contributed by atoms with van der Waals surface area (Å²) in [7, 11) is 0. The largest absolute Gasteiger partial charge is 0.481 e. The van der Waals surface area contributed by atoms with Gasteiger partial charge in [0.25, 0.3) is 5.91 Å². The minimum atomic E-state index is -0.862. The number of carboxylic acids is 1. The first-order chi connectivity index (χ1) is 11.6. The van der Waals surface area contributed by atoms with Gasteiger partial charge in [-0.3, -0.25) is 9.59 Å². The van der Waals surface area contributed by atoms with Crippen LogP contribution in [0.25, 0.3) is 5.69 Å². The average Bonchev–Trinajstić information content (AvgIpc) is 3.30. The lowest BCUT2D eigenvalue weighted by atomic mass is 9.74. The molecule has 0 aromatic carbocycles. The van der Waals surface area contributed by atoms with Crippen molar-refractivity contribution in [3.8, 4) is 5.69 Å². The molecule has 2 aliphatic rings. The van der Waals surface area contributed by atoms with Crippen molar-refractivity contribution in [2.75, 3.05) is 26.3 Å². The standard InChI is InChI=1S/C17H18N2O4S/c20-15(14-13(3-8-24-14)18-5-1-2-6-18)19-9-12-10-23-7-4-17(12,11-19)16(21)22/h1-3,5-6,8,12H,4,7,9-11H2,(H,21,22)/t12-,17+/m0/s1. The number of nitrogens with zero attached hydrogens (tertiary/aromatic N) is 2. The Bertz CT molecular complexity index is 769. The Kier molecular flexibility index (Phi) is 3.69. The summed E-state index contributed by atoms with van der Waals surface area (Å²) >= 11 is 1.39. The van der Waals surface area contributed by atoms with Crippen molar-refractivity contribution in [3.05, 3.63) is 40.8 Å². The quantitative estimate of drug-likeness (QED) is 0.924. The molecule has 0 bridgehead atoms. The van der Waals surface area contributed by atoms with Gasteiger partial charge in [0.1, 0.15) is 4.88 Å². The number of carbonyl (C=O) groups excluding carboxylic acids is 1. The Morgan fingerprint density at radius 3 is 2.83 bits per heavy atom. The maximum atomic E-state index is 13.0. The Balaban J connectivity index is 1.63. The van der Waals surface area contributed by atoms with Crippen LogP contribution < -0.4 is 0 Å². The van der Waals surface area contributed by atoms with E-state index < -0.39 is 11.4 Å². The molecular weight excluding hydrogens is 328 g/mol. The number of amides is 1. The third-order valence-corrected chi connectivity index (χ3v) is 6.03. The third kappa shape index (κ3) is 2.27. The van der Waals surface area contributed by atoms with Crippen LogP contribution >= 0.6 is 11.3 Å². The number of hydrogen-bond donors (Lipinski definition) is 1. The second-order valence-electron chi connectivity index (χ2n) is 6.39. The number of rotatable bonds is 3. The molecule has 7 heteroatoms. The van der Waals surface area contributed by atoms with E-state index in [9.17, 15) is 14.7 Å². The van der Waals surface area contributed by atoms with Crippen molar-refractivity contribution in [1.29, 1.82) is 0 Å². The first-order valence-corrected chi connectivity index (χ1v) is 8.81. The summed E-state index contributed by atoms with van der Waals surface area (Å²) < 4.78 is 7.36. The van der Waals surface area contributed by atoms with E-state index in [4.69, 9.17) is 4.74 Å². The van der Waals surface area contributed by atoms with Crippen LogP contribution in [0.5, 0.6) is 0 Å². The lowest BCUT2D eigenvalue weighted by Gasteiger charge is -2.33. The third-order valence-electron chi connectivity index (χ3n) is 5.14. The van der Waals surface area contributed by atoms with Gasteiger partial charge >= 0.3 is 5.97 Å². The van der Waals surface area contributed by atoms with Crippen molar-refractivity contribution in [2.45, 2.75) is 6.42 Å². The number of aromatic nitrogens is 1. The summed E-state index contributed by atoms with van der Waals surface area (Å²) in [6, 6.07) is 5.73. The highest BCUT2D eigenvalue weighted by atomic mass is 32.1. The number of aliphatic carboxylic acids is 1. The molecule has 126 valence electrons. The van der Waals surface area contributed by atoms with Crippen LogP contribution in [0, 0.1) is 11.3 Å². The van der Waals surface area contributed by atoms with Crippen molar-refractivity contribution in [1.82, 2.24) is 9.47 Å². The molecule has 2 atom stereocenters. The zero-order valence-electron chi connectivity index (χ0n) is 13.1. The molecule has 0 aliphatic carbocycles. The van der Waals surface area contributed by atoms with Gasteiger partial charge in [0, 0.05) is 38.0 Å². The molecule has 0 saturated carbocycles. The van der Waals surface area contributed by atoms with Crippen molar-refractivity contribution >= 4 is 23.2 Å². The van der Waals surface area contributed by atoms with E-state index in [1.807, 2.05) is 40.5 Å². The summed E-state index contributed by atoms with van der Waals surface area (Å²) in [5.41, 5.74) is -0.0239. The topological polar surface area (TPSA) is 71.8 Å². The SMILES string of the molecule is O=C(c1sccc1-n1cccc1)N1C[C@H]2COCC[C@@]2(C(=O)O)C1. The van der Waals surface area contributed by atoms with Crippen LogP contribution in [-0.2, 0) is 9.53 Å². The summed E-state index contributed by atoms with van der Waals surface area (Å²) in [6.07, 6.45) is 4.26. The van der Waals surface area contributed by atoms with Crippen molar-refractivity contribution < 1.29 is 19.4 Å². The van der Waals surface area contributed by atoms with Gasteiger partial charge in [-0.2, -0.15) is 0 Å². The molecule has 0 radical (unpaired) electrons. The Morgan fingerprint density at radius 1 is 1.33 bits per heavy atom. The van der Waals surface area contributed by atoms with E-state index in [0.717, 1.165) is 5.69 Å². The smallest absolute Gasteiger partial charge is 0.311 e. The van der Waals surface area contributed by atoms with Gasteiger partial charge in [-0.15, -0.1) is 11.3 Å². The van der Waals surface area contributed by atoms with Gasteiger partial charge < -0.3 is 19.3 Å². The average molecular weight is 346 g/mol. The maximum absolute atomic E-state index is 13.0. The van der Waals surface area contributed by atoms with E-state index in [-0.39, 0.29) is 18.4 Å². The van der Waals surface area contributed by atoms with Gasteiger partial charge in [-0.1, -0.05) is 0 Å². The van der Waals surface area contributed by atoms with Crippen LogP contribution in [0.1, 0.15) is 16.1 Å². The van der Waals surface area contributed by atoms with Gasteiger partial charge in [0.15, 0.2) is 0 Å². The van der Waals surface area contributed by atoms with E-state index in [1.165, 1.54) is 11.3 Å². The van der Waals surface area contributed by atoms with E-state index in [1.54, 1.807) is 4.90 Å². The van der Waals surface area contributed by atoms with Crippen LogP contribution in [0.4, 0.5) is 0 Å². The zero-order chi connectivity index (χ0) is 16.7. The summed E-state index contributed by atoms with van der Waals surface area (Å²) in [6.45, 7) is 1.55. The van der Waals surface area contributed by atoms with Crippen molar-refractivity contribution in [3.63, 3.8) is 0 Å². The molecule has 24 heavy (non-hydrogen) atoms. The Hall–Kier alpha value is -2.12. The van der Waals surface area contributed by atoms with E-state index >= 15 is 0 Å². The highest BCUT2D eigenvalue weighted by Crippen LogP contribution is 2.43. The fourth-order valence-corrected chi connectivity index (χ4v) is 4.62. The molecule has 2 fully saturated rings. The molecule has 1 N–H and O–H groups in total. The fourth-order valence-electron chi connectivity index (χ4n) is 3.76. The first-order valence-electron chi connectivity index (χ1n) is 7.93. The number of likely N-dealkylation sites (tertiary alicyclic amines) is 1. The molecular formula is C17H18N2O4S. The van der Waals surface area contributed by atoms with Crippen LogP contribution in [0.2, 0.25) is 0 Å². The molecule has 6 nitrogen and oxygen atoms in total. The molecule has 2 aromatic heterocycles. The molecule has 0 unspecified atom stereocenters. The highest BCUT2D eigenvalue weighted by Gasteiger charge is 2.55. The zero-order valence-corrected chi connectivity index (χ0v) is 13.9. The summed E-state index contributed by atoms with van der Waals surface area (Å²) in [5.74, 6) is -1.05. The number of ether oxygens (including phenoxy) is 1. The first kappa shape index (κ1) is 15.4. The number of fused-ring (bicyclic) bond motifs is 1. The molecule has 2 aromatic rings. The number of thiophene rings is 1. The molecule has 4 heterocycles. The molecule has 1 amide bonds. The number of hydrogen-bond acceptors (Lipinski definition) is 4. The minimum Gasteiger partial charge on any atom is -0.481 e. The van der Waals surface area contributed by atoms with Gasteiger partial charge in [-0.05, 0) is 30.0 Å². The molecule has 2 aliphatic heterocycles. The summed E-state index contributed by atoms with van der Waals surface area (Å²) in [4.78, 5) is 27.2. The second-order valence-corrected chi connectivity index (χ2v) is 7.31. The monoisotopic (exact) mass is 346 g/mol. The van der Waals surface area contributed by atoms with E-state index in [2.05, 4.69) is 0 Å². The predicted molar refractivity (Wildman–Crippen MR) is 88.5 cm³/mol. The van der Waals surface area contributed by atoms with Crippen molar-refractivity contribution in [2.24, 2.45) is 11.3 Å². The lowest BCUT2D eigenvalue weighted by molar-refractivity contribution is -0.157. The van der Waals surface area contributed by atoms with Gasteiger partial charge in [0.2, 0.25) is 0 Å². The number of carboxylic acid groups (broad SMARTS) is 1. The fraction of sp³-hybridized carbons (Fsp3) is 0.412. The van der Waals surface area contributed by atoms with Crippen LogP contribution in [0.15, 0.2) is 36.0 Å². The molecule has 0 spiro atoms. The highest BCUT2D eigenvalue weighted by molar-refractivity contribution is 7.12. The minimum absolute atomic E-state index is 0.0938. The maximum Gasteiger partial charge on any atom is 0.311 e. The Labute approximate surface area is 143 Å². The Morgan fingerprint density at radius 2 is 2.12 bits per heavy atom. The lowest BCUT2D eigenvalue weighted by Crippen LogP contribution is -2.45.